The zero-order chi connectivity index (χ0) is 12.3. The SMILES string of the molecule is COC(=O)Cc1c(C(F)F)cc(Cl)nc1C. The van der Waals surface area contributed by atoms with Gasteiger partial charge in [0, 0.05) is 11.3 Å². The number of aryl methyl sites for hydroxylation is 1. The molecule has 1 heterocycles. The van der Waals surface area contributed by atoms with Gasteiger partial charge in [-0.25, -0.2) is 13.8 Å². The lowest BCUT2D eigenvalue weighted by atomic mass is 10.0. The number of alkyl halides is 2. The summed E-state index contributed by atoms with van der Waals surface area (Å²) < 4.78 is 29.8. The molecule has 0 fully saturated rings. The van der Waals surface area contributed by atoms with Crippen molar-refractivity contribution in [3.05, 3.63) is 28.0 Å². The zero-order valence-corrected chi connectivity index (χ0v) is 9.52. The van der Waals surface area contributed by atoms with Crippen LogP contribution in [0, 0.1) is 6.92 Å². The maximum absolute atomic E-state index is 12.7. The van der Waals surface area contributed by atoms with Crippen LogP contribution in [0.2, 0.25) is 5.15 Å². The number of rotatable bonds is 3. The number of ether oxygens (including phenoxy) is 1. The molecule has 0 atom stereocenters. The van der Waals surface area contributed by atoms with Gasteiger partial charge in [0.25, 0.3) is 6.43 Å². The highest BCUT2D eigenvalue weighted by atomic mass is 35.5. The molecule has 0 saturated heterocycles. The van der Waals surface area contributed by atoms with E-state index in [0.29, 0.717) is 5.69 Å². The molecule has 0 unspecified atom stereocenters. The molecule has 0 aliphatic rings. The summed E-state index contributed by atoms with van der Waals surface area (Å²) in [7, 11) is 1.20. The predicted octanol–water partition coefficient (Wildman–Crippen LogP) is 2.70. The summed E-state index contributed by atoms with van der Waals surface area (Å²) in [4.78, 5) is 14.9. The number of halogens is 3. The summed E-state index contributed by atoms with van der Waals surface area (Å²) in [6, 6.07) is 1.07. The largest absolute Gasteiger partial charge is 0.469 e. The molecule has 0 N–H and O–H groups in total. The smallest absolute Gasteiger partial charge is 0.310 e. The lowest BCUT2D eigenvalue weighted by molar-refractivity contribution is -0.139. The minimum Gasteiger partial charge on any atom is -0.469 e. The molecular formula is C10H10ClF2NO2. The number of carbonyl (C=O) groups is 1. The molecule has 0 aliphatic carbocycles. The summed E-state index contributed by atoms with van der Waals surface area (Å²) >= 11 is 5.58. The Morgan fingerprint density at radius 2 is 2.25 bits per heavy atom. The third-order valence-electron chi connectivity index (χ3n) is 2.12. The van der Waals surface area contributed by atoms with Gasteiger partial charge in [-0.3, -0.25) is 4.79 Å². The Morgan fingerprint density at radius 1 is 1.62 bits per heavy atom. The quantitative estimate of drug-likeness (QED) is 0.611. The van der Waals surface area contributed by atoms with Gasteiger partial charge in [-0.15, -0.1) is 0 Å². The lowest BCUT2D eigenvalue weighted by Gasteiger charge is -2.11. The molecular weight excluding hydrogens is 240 g/mol. The van der Waals surface area contributed by atoms with Crippen LogP contribution in [0.5, 0.6) is 0 Å². The molecule has 0 radical (unpaired) electrons. The van der Waals surface area contributed by atoms with Crippen molar-refractivity contribution in [2.24, 2.45) is 0 Å². The van der Waals surface area contributed by atoms with Crippen LogP contribution >= 0.6 is 11.6 Å². The van der Waals surface area contributed by atoms with Crippen molar-refractivity contribution in [1.82, 2.24) is 4.98 Å². The first kappa shape index (κ1) is 12.8. The number of nitrogens with zero attached hydrogens (tertiary/aromatic N) is 1. The van der Waals surface area contributed by atoms with Crippen LogP contribution in [0.3, 0.4) is 0 Å². The first-order valence-electron chi connectivity index (χ1n) is 4.46. The minimum absolute atomic E-state index is 0.0126. The molecule has 1 aromatic rings. The second-order valence-corrected chi connectivity index (χ2v) is 3.54. The van der Waals surface area contributed by atoms with Crippen LogP contribution in [0.15, 0.2) is 6.07 Å². The molecule has 0 spiro atoms. The van der Waals surface area contributed by atoms with E-state index in [1.807, 2.05) is 0 Å². The Morgan fingerprint density at radius 3 is 2.75 bits per heavy atom. The topological polar surface area (TPSA) is 39.2 Å². The Balaban J connectivity index is 3.19. The highest BCUT2D eigenvalue weighted by Gasteiger charge is 2.19. The van der Waals surface area contributed by atoms with Crippen molar-refractivity contribution in [2.75, 3.05) is 7.11 Å². The molecule has 88 valence electrons. The second kappa shape index (κ2) is 5.21. The lowest BCUT2D eigenvalue weighted by Crippen LogP contribution is -2.10. The van der Waals surface area contributed by atoms with E-state index in [0.717, 1.165) is 6.07 Å². The standard InChI is InChI=1S/C10H10ClF2NO2/c1-5-6(4-9(15)16-2)7(10(12)13)3-8(11)14-5/h3,10H,4H2,1-2H3. The molecule has 0 saturated carbocycles. The molecule has 1 aromatic heterocycles. The van der Waals surface area contributed by atoms with Gasteiger partial charge >= 0.3 is 5.97 Å². The molecule has 16 heavy (non-hydrogen) atoms. The number of hydrogen-bond donors (Lipinski definition) is 0. The summed E-state index contributed by atoms with van der Waals surface area (Å²) in [6.45, 7) is 1.52. The number of aromatic nitrogens is 1. The number of carbonyl (C=O) groups excluding carboxylic acids is 1. The summed E-state index contributed by atoms with van der Waals surface area (Å²) in [5.41, 5.74) is 0.211. The Labute approximate surface area is 96.4 Å². The highest BCUT2D eigenvalue weighted by molar-refractivity contribution is 6.29. The average molecular weight is 250 g/mol. The van der Waals surface area contributed by atoms with Gasteiger partial charge in [0.1, 0.15) is 5.15 Å². The first-order chi connectivity index (χ1) is 7.45. The minimum atomic E-state index is -2.70. The number of hydrogen-bond acceptors (Lipinski definition) is 3. The van der Waals surface area contributed by atoms with Crippen molar-refractivity contribution in [2.45, 2.75) is 19.8 Å². The average Bonchev–Trinajstić information content (AvgIpc) is 2.20. The molecule has 3 nitrogen and oxygen atoms in total. The van der Waals surface area contributed by atoms with E-state index in [2.05, 4.69) is 9.72 Å². The van der Waals surface area contributed by atoms with Crippen LogP contribution in [0.1, 0.15) is 23.2 Å². The Bertz CT molecular complexity index is 410. The number of esters is 1. The molecule has 0 aromatic carbocycles. The van der Waals surface area contributed by atoms with Gasteiger partial charge in [-0.05, 0) is 18.6 Å². The van der Waals surface area contributed by atoms with Gasteiger partial charge in [0.2, 0.25) is 0 Å². The summed E-state index contributed by atoms with van der Waals surface area (Å²) in [6.07, 6.45) is -2.93. The molecule has 0 aliphatic heterocycles. The summed E-state index contributed by atoms with van der Waals surface area (Å²) in [5, 5.41) is -0.0126. The van der Waals surface area contributed by atoms with Gasteiger partial charge in [-0.2, -0.15) is 0 Å². The van der Waals surface area contributed by atoms with Crippen molar-refractivity contribution < 1.29 is 18.3 Å². The van der Waals surface area contributed by atoms with Crippen LogP contribution < -0.4 is 0 Å². The molecule has 0 amide bonds. The normalized spacial score (nSPS) is 10.6. The zero-order valence-electron chi connectivity index (χ0n) is 8.76. The van der Waals surface area contributed by atoms with Crippen molar-refractivity contribution in [3.8, 4) is 0 Å². The number of methoxy groups -OCH3 is 1. The fraction of sp³-hybridized carbons (Fsp3) is 0.400. The maximum Gasteiger partial charge on any atom is 0.310 e. The fourth-order valence-corrected chi connectivity index (χ4v) is 1.57. The van der Waals surface area contributed by atoms with Gasteiger partial charge < -0.3 is 4.74 Å². The maximum atomic E-state index is 12.7. The third kappa shape index (κ3) is 2.88. The van der Waals surface area contributed by atoms with E-state index in [1.54, 1.807) is 0 Å². The third-order valence-corrected chi connectivity index (χ3v) is 2.31. The second-order valence-electron chi connectivity index (χ2n) is 3.15. The fourth-order valence-electron chi connectivity index (χ4n) is 1.33. The monoisotopic (exact) mass is 249 g/mol. The molecule has 0 bridgehead atoms. The Kier molecular flexibility index (Phi) is 4.18. The summed E-state index contributed by atoms with van der Waals surface area (Å²) in [5.74, 6) is -0.589. The van der Waals surface area contributed by atoms with Gasteiger partial charge in [0.05, 0.1) is 13.5 Å². The predicted molar refractivity (Wildman–Crippen MR) is 54.7 cm³/mol. The van der Waals surface area contributed by atoms with Gasteiger partial charge in [-0.1, -0.05) is 11.6 Å². The molecule has 1 rings (SSSR count). The van der Waals surface area contributed by atoms with Crippen LogP contribution in [-0.2, 0) is 16.0 Å². The van der Waals surface area contributed by atoms with E-state index >= 15 is 0 Å². The molecule has 6 heteroatoms. The highest BCUT2D eigenvalue weighted by Crippen LogP contribution is 2.27. The number of pyridine rings is 1. The van der Waals surface area contributed by atoms with Crippen molar-refractivity contribution >= 4 is 17.6 Å². The van der Waals surface area contributed by atoms with Gasteiger partial charge in [0.15, 0.2) is 0 Å². The van der Waals surface area contributed by atoms with Crippen LogP contribution in [0.25, 0.3) is 0 Å². The van der Waals surface area contributed by atoms with E-state index in [1.165, 1.54) is 14.0 Å². The Hall–Kier alpha value is -1.23. The van der Waals surface area contributed by atoms with E-state index in [-0.39, 0.29) is 22.7 Å². The van der Waals surface area contributed by atoms with Crippen LogP contribution in [-0.4, -0.2) is 18.1 Å². The van der Waals surface area contributed by atoms with E-state index in [4.69, 9.17) is 11.6 Å². The van der Waals surface area contributed by atoms with Crippen molar-refractivity contribution in [3.63, 3.8) is 0 Å². The van der Waals surface area contributed by atoms with Crippen LogP contribution in [0.4, 0.5) is 8.78 Å². The van der Waals surface area contributed by atoms with E-state index < -0.39 is 12.4 Å². The van der Waals surface area contributed by atoms with E-state index in [9.17, 15) is 13.6 Å². The first-order valence-corrected chi connectivity index (χ1v) is 4.84. The van der Waals surface area contributed by atoms with Crippen molar-refractivity contribution in [1.29, 1.82) is 0 Å².